The number of fused-ring (bicyclic) bond motifs is 3. The molecule has 1 aliphatic carbocycles. The van der Waals surface area contributed by atoms with E-state index in [-0.39, 0.29) is 0 Å². The Bertz CT molecular complexity index is 2790. The first-order valence-electron chi connectivity index (χ1n) is 19.9. The summed E-state index contributed by atoms with van der Waals surface area (Å²) in [5.41, 5.74) is 12.3. The zero-order chi connectivity index (χ0) is 36.6. The van der Waals surface area contributed by atoms with Crippen LogP contribution >= 0.6 is 0 Å². The van der Waals surface area contributed by atoms with Gasteiger partial charge in [0.2, 0.25) is 0 Å². The molecule has 0 heterocycles. The third-order valence-electron chi connectivity index (χ3n) is 11.9. The molecule has 0 radical (unpaired) electrons. The minimum absolute atomic E-state index is 0.594. The number of benzene rings is 9. The van der Waals surface area contributed by atoms with Crippen molar-refractivity contribution in [2.45, 2.75) is 38.0 Å². The van der Waals surface area contributed by atoms with Gasteiger partial charge in [-0.1, -0.05) is 183 Å². The topological polar surface area (TPSA) is 3.24 Å². The van der Waals surface area contributed by atoms with Crippen LogP contribution in [0.1, 0.15) is 43.6 Å². The monoisotopic (exact) mass is 705 g/mol. The molecular formula is C54H43N. The van der Waals surface area contributed by atoms with Gasteiger partial charge in [-0.25, -0.2) is 0 Å². The van der Waals surface area contributed by atoms with Crippen molar-refractivity contribution >= 4 is 49.4 Å². The van der Waals surface area contributed by atoms with Crippen LogP contribution in [-0.2, 0) is 0 Å². The summed E-state index contributed by atoms with van der Waals surface area (Å²) < 4.78 is 0. The maximum Gasteiger partial charge on any atom is 0.0540 e. The third-order valence-corrected chi connectivity index (χ3v) is 11.9. The van der Waals surface area contributed by atoms with E-state index in [2.05, 4.69) is 199 Å². The lowest BCUT2D eigenvalue weighted by atomic mass is 9.80. The van der Waals surface area contributed by atoms with E-state index in [1.165, 1.54) is 109 Å². The number of hydrogen-bond acceptors (Lipinski definition) is 1. The Labute approximate surface area is 324 Å². The van der Waals surface area contributed by atoms with Crippen LogP contribution < -0.4 is 4.90 Å². The van der Waals surface area contributed by atoms with Gasteiger partial charge in [0.25, 0.3) is 0 Å². The van der Waals surface area contributed by atoms with Crippen molar-refractivity contribution in [2.75, 3.05) is 4.90 Å². The second-order valence-electron chi connectivity index (χ2n) is 15.1. The van der Waals surface area contributed by atoms with Gasteiger partial charge < -0.3 is 4.90 Å². The Hall–Kier alpha value is -6.44. The Morgan fingerprint density at radius 1 is 0.364 bits per heavy atom. The average molecular weight is 706 g/mol. The first kappa shape index (κ1) is 33.2. The third kappa shape index (κ3) is 6.16. The first-order valence-corrected chi connectivity index (χ1v) is 19.9. The fourth-order valence-corrected chi connectivity index (χ4v) is 9.18. The normalized spacial score (nSPS) is 13.4. The summed E-state index contributed by atoms with van der Waals surface area (Å²) in [7, 11) is 0. The van der Waals surface area contributed by atoms with Crippen LogP contribution in [0.5, 0.6) is 0 Å². The fourth-order valence-electron chi connectivity index (χ4n) is 9.18. The van der Waals surface area contributed by atoms with Gasteiger partial charge in [0, 0.05) is 16.8 Å². The highest BCUT2D eigenvalue weighted by Gasteiger charge is 2.24. The van der Waals surface area contributed by atoms with E-state index in [0.717, 1.165) is 11.4 Å². The second-order valence-corrected chi connectivity index (χ2v) is 15.1. The van der Waals surface area contributed by atoms with Gasteiger partial charge in [0.15, 0.2) is 0 Å². The van der Waals surface area contributed by atoms with Crippen LogP contribution in [0.3, 0.4) is 0 Å². The summed E-state index contributed by atoms with van der Waals surface area (Å²) in [6, 6.07) is 71.8. The van der Waals surface area contributed by atoms with E-state index in [9.17, 15) is 0 Å². The Balaban J connectivity index is 1.19. The molecule has 0 bridgehead atoms. The molecule has 9 aromatic carbocycles. The van der Waals surface area contributed by atoms with Crippen LogP contribution in [0.4, 0.5) is 17.1 Å². The number of para-hydroxylation sites is 2. The van der Waals surface area contributed by atoms with E-state index in [4.69, 9.17) is 0 Å². The average Bonchev–Trinajstić information content (AvgIpc) is 3.27. The smallest absolute Gasteiger partial charge is 0.0540 e. The maximum absolute atomic E-state index is 2.50. The molecule has 0 aromatic heterocycles. The SMILES string of the molecule is c1ccc(N(c2ccc(-c3ccc4ccccc4c3)cc2)c2ccccc2-c2cccc3cccc(C4CCCCC4)c23)c(-c2cccc3ccccc23)c1. The first-order chi connectivity index (χ1) is 27.3. The molecule has 1 aliphatic rings. The zero-order valence-electron chi connectivity index (χ0n) is 31.0. The van der Waals surface area contributed by atoms with E-state index < -0.39 is 0 Å². The quantitative estimate of drug-likeness (QED) is 0.160. The number of rotatable bonds is 7. The van der Waals surface area contributed by atoms with Crippen LogP contribution in [0.25, 0.3) is 65.7 Å². The molecular weight excluding hydrogens is 663 g/mol. The minimum Gasteiger partial charge on any atom is -0.309 e. The Morgan fingerprint density at radius 2 is 0.909 bits per heavy atom. The molecule has 0 atom stereocenters. The zero-order valence-corrected chi connectivity index (χ0v) is 31.0. The molecule has 1 saturated carbocycles. The molecule has 0 amide bonds. The molecule has 9 aromatic rings. The molecule has 264 valence electrons. The van der Waals surface area contributed by atoms with Gasteiger partial charge in [0.1, 0.15) is 0 Å². The van der Waals surface area contributed by atoms with Crippen LogP contribution in [0.2, 0.25) is 0 Å². The van der Waals surface area contributed by atoms with E-state index >= 15 is 0 Å². The molecule has 10 rings (SSSR count). The van der Waals surface area contributed by atoms with Crippen molar-refractivity contribution in [3.8, 4) is 33.4 Å². The standard InChI is InChI=1S/C54H43N/c1-2-16-41(17-3-1)47-26-13-21-42-22-14-28-51(54(42)47)50-25-9-11-30-53(50)55(45-35-33-39(34-36-45)44-32-31-38-15-4-5-19-43(38)37-44)52-29-10-8-24-49(52)48-27-12-20-40-18-6-7-23-46(40)48/h4-15,18-37,41H,1-3,16-17H2. The lowest BCUT2D eigenvalue weighted by Crippen LogP contribution is -2.12. The van der Waals surface area contributed by atoms with Crippen molar-refractivity contribution in [2.24, 2.45) is 0 Å². The Kier molecular flexibility index (Phi) is 8.69. The highest BCUT2D eigenvalue weighted by Crippen LogP contribution is 2.48. The molecule has 1 heteroatoms. The summed E-state index contributed by atoms with van der Waals surface area (Å²) >= 11 is 0. The summed E-state index contributed by atoms with van der Waals surface area (Å²) in [4.78, 5) is 2.50. The highest BCUT2D eigenvalue weighted by molar-refractivity contribution is 6.06. The lowest BCUT2D eigenvalue weighted by Gasteiger charge is -2.31. The summed E-state index contributed by atoms with van der Waals surface area (Å²) in [5, 5.41) is 7.73. The van der Waals surface area contributed by atoms with Crippen LogP contribution in [0.15, 0.2) is 194 Å². The summed E-state index contributed by atoms with van der Waals surface area (Å²) in [5.74, 6) is 0.594. The molecule has 55 heavy (non-hydrogen) atoms. The molecule has 1 fully saturated rings. The molecule has 0 N–H and O–H groups in total. The van der Waals surface area contributed by atoms with Gasteiger partial charge in [-0.2, -0.15) is 0 Å². The van der Waals surface area contributed by atoms with E-state index in [1.54, 1.807) is 0 Å². The molecule has 0 spiro atoms. The summed E-state index contributed by atoms with van der Waals surface area (Å²) in [6.07, 6.45) is 6.51. The Morgan fingerprint density at radius 3 is 1.67 bits per heavy atom. The van der Waals surface area contributed by atoms with Gasteiger partial charge in [-0.3, -0.25) is 0 Å². The number of hydrogen-bond donors (Lipinski definition) is 0. The van der Waals surface area contributed by atoms with E-state index in [1.807, 2.05) is 0 Å². The van der Waals surface area contributed by atoms with Crippen molar-refractivity contribution in [1.29, 1.82) is 0 Å². The fraction of sp³-hybridized carbons (Fsp3) is 0.111. The minimum atomic E-state index is 0.594. The van der Waals surface area contributed by atoms with Crippen molar-refractivity contribution in [3.05, 3.63) is 200 Å². The maximum atomic E-state index is 2.50. The predicted octanol–water partition coefficient (Wildman–Crippen LogP) is 15.7. The molecule has 0 saturated heterocycles. The van der Waals surface area contributed by atoms with E-state index in [0.29, 0.717) is 5.92 Å². The van der Waals surface area contributed by atoms with Gasteiger partial charge in [-0.05, 0) is 109 Å². The second kappa shape index (κ2) is 14.4. The van der Waals surface area contributed by atoms with Gasteiger partial charge in [0.05, 0.1) is 11.4 Å². The molecule has 0 aliphatic heterocycles. The van der Waals surface area contributed by atoms with Gasteiger partial charge in [-0.15, -0.1) is 0 Å². The van der Waals surface area contributed by atoms with Crippen molar-refractivity contribution in [1.82, 2.24) is 0 Å². The van der Waals surface area contributed by atoms with Crippen molar-refractivity contribution in [3.63, 3.8) is 0 Å². The summed E-state index contributed by atoms with van der Waals surface area (Å²) in [6.45, 7) is 0. The lowest BCUT2D eigenvalue weighted by molar-refractivity contribution is 0.445. The number of anilines is 3. The molecule has 0 unspecified atom stereocenters. The predicted molar refractivity (Wildman–Crippen MR) is 236 cm³/mol. The highest BCUT2D eigenvalue weighted by atomic mass is 15.1. The largest absolute Gasteiger partial charge is 0.309 e. The van der Waals surface area contributed by atoms with Gasteiger partial charge >= 0.3 is 0 Å². The van der Waals surface area contributed by atoms with Crippen molar-refractivity contribution < 1.29 is 0 Å². The number of nitrogens with zero attached hydrogens (tertiary/aromatic N) is 1. The van der Waals surface area contributed by atoms with Crippen LogP contribution in [0, 0.1) is 0 Å². The molecule has 1 nitrogen and oxygen atoms in total. The van der Waals surface area contributed by atoms with Crippen LogP contribution in [-0.4, -0.2) is 0 Å².